The summed E-state index contributed by atoms with van der Waals surface area (Å²) in [4.78, 5) is 14.3. The molecule has 2 aliphatic heterocycles. The van der Waals surface area contributed by atoms with E-state index in [0.29, 0.717) is 38.5 Å². The third-order valence-electron chi connectivity index (χ3n) is 18.4. The summed E-state index contributed by atoms with van der Waals surface area (Å²) in [5, 5.41) is 129. The summed E-state index contributed by atoms with van der Waals surface area (Å²) in [6.45, 7) is 10.4. The van der Waals surface area contributed by atoms with Gasteiger partial charge in [0, 0.05) is 11.8 Å². The van der Waals surface area contributed by atoms with Crippen molar-refractivity contribution in [1.82, 2.24) is 0 Å². The number of hydrogen-bond acceptors (Lipinski definition) is 17. The van der Waals surface area contributed by atoms with Crippen molar-refractivity contribution in [1.29, 1.82) is 0 Å². The van der Waals surface area contributed by atoms with Gasteiger partial charge < -0.3 is 80.2 Å². The van der Waals surface area contributed by atoms with Gasteiger partial charge in [-0.1, -0.05) is 34.6 Å². The maximum Gasteiger partial charge on any atom is 0.317 e. The molecule has 23 atom stereocenters. The van der Waals surface area contributed by atoms with Crippen LogP contribution in [0, 0.1) is 56.7 Å². The summed E-state index contributed by atoms with van der Waals surface area (Å²) in [6.07, 6.45) is -13.7. The highest BCUT2D eigenvalue weighted by Crippen LogP contribution is 2.89. The van der Waals surface area contributed by atoms with E-state index in [0.717, 1.165) is 12.8 Å². The number of carbonyl (C=O) groups is 1. The van der Waals surface area contributed by atoms with Crippen LogP contribution in [0.25, 0.3) is 0 Å². The van der Waals surface area contributed by atoms with E-state index in [1.54, 1.807) is 6.92 Å². The lowest BCUT2D eigenvalue weighted by Crippen LogP contribution is -2.65. The molecule has 0 aromatic heterocycles. The molecule has 0 bridgehead atoms. The Morgan fingerprint density at radius 3 is 1.90 bits per heavy atom. The van der Waals surface area contributed by atoms with Crippen molar-refractivity contribution < 1.29 is 85.0 Å². The second kappa shape index (κ2) is 16.1. The Balaban J connectivity index is 1.07. The molecule has 2 spiro atoms. The van der Waals surface area contributed by atoms with E-state index in [1.165, 1.54) is 0 Å². The zero-order valence-corrected chi connectivity index (χ0v) is 35.8. The number of fused-ring (bicyclic) bond motifs is 2. The van der Waals surface area contributed by atoms with E-state index in [-0.39, 0.29) is 52.9 Å². The fraction of sp³-hybridized carbons (Fsp3) is 0.977. The van der Waals surface area contributed by atoms with Crippen LogP contribution in [0.3, 0.4) is 0 Å². The molecule has 2 unspecified atom stereocenters. The van der Waals surface area contributed by atoms with Gasteiger partial charge in [-0.3, -0.25) is 4.79 Å². The largest absolute Gasteiger partial charge is 0.432 e. The molecular weight excluding hydrogens is 788 g/mol. The first-order valence-corrected chi connectivity index (χ1v) is 22.2. The first-order chi connectivity index (χ1) is 27.9. The standard InChI is InChI=1S/C43H72O17/c1-19(2)42(56,18-57-35-33(53)31(51)29(49)22(15-44)58-35)10-9-20(3)28-21(46)14-39(5)24-7-8-25-40(6,37(55)60-36-34(54)32(52)30(50)23(16-45)59-36)26(47)13-27(48)43(25)17-41(24,43)12-11-38(28,39)4/h19-36,44-54,56H,7-18H2,1-6H3/t20-,21?,22-,23-,24+,25+,26+,27+,28+,29-,30-,31+,32+,33-,34-,35-,36+,38-,39+,40+,41+,42?,43-/m1/s1. The monoisotopic (exact) mass is 860 g/mol. The van der Waals surface area contributed by atoms with Crippen molar-refractivity contribution in [3.63, 3.8) is 0 Å². The van der Waals surface area contributed by atoms with E-state index in [4.69, 9.17) is 18.9 Å². The second-order valence-corrected chi connectivity index (χ2v) is 21.1. The van der Waals surface area contributed by atoms with E-state index < -0.39 is 121 Å². The highest BCUT2D eigenvalue weighted by molar-refractivity contribution is 5.78. The second-order valence-electron chi connectivity index (χ2n) is 21.1. The van der Waals surface area contributed by atoms with Crippen LogP contribution in [-0.4, -0.2) is 172 Å². The van der Waals surface area contributed by atoms with Gasteiger partial charge in [0.2, 0.25) is 6.29 Å². The number of rotatable bonds is 12. The molecule has 2 heterocycles. The zero-order chi connectivity index (χ0) is 44.3. The minimum atomic E-state index is -1.80. The molecule has 60 heavy (non-hydrogen) atoms. The predicted molar refractivity (Wildman–Crippen MR) is 208 cm³/mol. The van der Waals surface area contributed by atoms with Gasteiger partial charge in [-0.05, 0) is 104 Å². The maximum absolute atomic E-state index is 14.3. The van der Waals surface area contributed by atoms with Crippen molar-refractivity contribution in [3.05, 3.63) is 0 Å². The minimum Gasteiger partial charge on any atom is -0.432 e. The fourth-order valence-corrected chi connectivity index (χ4v) is 14.5. The van der Waals surface area contributed by atoms with Crippen LogP contribution in [0.1, 0.15) is 99.3 Å². The molecular formula is C43H72O17. The molecule has 12 N–H and O–H groups in total. The van der Waals surface area contributed by atoms with E-state index in [9.17, 15) is 66.1 Å². The topological polar surface area (TPSA) is 297 Å². The van der Waals surface area contributed by atoms with Crippen molar-refractivity contribution >= 4 is 5.97 Å². The molecule has 346 valence electrons. The maximum atomic E-state index is 14.3. The first kappa shape index (κ1) is 46.9. The Labute approximate surface area is 351 Å². The highest BCUT2D eigenvalue weighted by atomic mass is 16.7. The Bertz CT molecular complexity index is 1570. The molecule has 5 saturated carbocycles. The van der Waals surface area contributed by atoms with Gasteiger partial charge in [0.05, 0.1) is 49.1 Å². The molecule has 0 aromatic carbocycles. The number of aliphatic hydroxyl groups excluding tert-OH is 11. The van der Waals surface area contributed by atoms with E-state index in [1.807, 2.05) is 13.8 Å². The number of ether oxygens (including phenoxy) is 4. The Morgan fingerprint density at radius 1 is 0.750 bits per heavy atom. The smallest absolute Gasteiger partial charge is 0.317 e. The van der Waals surface area contributed by atoms with Crippen LogP contribution in [0.5, 0.6) is 0 Å². The van der Waals surface area contributed by atoms with Crippen molar-refractivity contribution in [3.8, 4) is 0 Å². The normalized spacial score (nSPS) is 53.9. The minimum absolute atomic E-state index is 0.0428. The van der Waals surface area contributed by atoms with Gasteiger partial charge in [-0.15, -0.1) is 0 Å². The molecule has 2 saturated heterocycles. The molecule has 17 heteroatoms. The lowest BCUT2D eigenvalue weighted by molar-refractivity contribution is -0.310. The van der Waals surface area contributed by atoms with Gasteiger partial charge in [0.1, 0.15) is 48.8 Å². The lowest BCUT2D eigenvalue weighted by atomic mass is 9.41. The van der Waals surface area contributed by atoms with Crippen molar-refractivity contribution in [2.45, 2.75) is 185 Å². The van der Waals surface area contributed by atoms with Gasteiger partial charge in [0.25, 0.3) is 0 Å². The molecule has 7 rings (SSSR count). The SMILES string of the molecule is CC(C)C(O)(CC[C@@H](C)[C@H]1C(O)C[C@@]2(C)[C@@H]3CC[C@H]4[C@](C)(C(=O)O[C@@H]5O[C@H](CO)[C@@H](O)[C@H](O)[C@H]5O)[C@@H](O)C[C@H](O)[C@@]45C[C@@]35CC[C@]12C)CO[C@@H]1O[C@H](CO)[C@@H](O)[C@H](O)[C@H]1O. The summed E-state index contributed by atoms with van der Waals surface area (Å²) in [6, 6.07) is 0. The van der Waals surface area contributed by atoms with Crippen LogP contribution in [0.15, 0.2) is 0 Å². The molecule has 7 fully saturated rings. The van der Waals surface area contributed by atoms with Crippen molar-refractivity contribution in [2.24, 2.45) is 56.7 Å². The number of aliphatic hydroxyl groups is 12. The molecule has 0 radical (unpaired) electrons. The average Bonchev–Trinajstić information content (AvgIpc) is 3.84. The Morgan fingerprint density at radius 2 is 1.32 bits per heavy atom. The summed E-state index contributed by atoms with van der Waals surface area (Å²) in [7, 11) is 0. The predicted octanol–water partition coefficient (Wildman–Crippen LogP) is -1.33. The number of carbonyl (C=O) groups excluding carboxylic acids is 1. The number of hydrogen-bond donors (Lipinski definition) is 12. The molecule has 0 amide bonds. The average molecular weight is 861 g/mol. The van der Waals surface area contributed by atoms with E-state index in [2.05, 4.69) is 20.8 Å². The quantitative estimate of drug-likeness (QED) is 0.101. The fourth-order valence-electron chi connectivity index (χ4n) is 14.5. The van der Waals surface area contributed by atoms with Crippen LogP contribution < -0.4 is 0 Å². The molecule has 17 nitrogen and oxygen atoms in total. The summed E-state index contributed by atoms with van der Waals surface area (Å²) < 4.78 is 22.5. The third-order valence-corrected chi connectivity index (χ3v) is 18.4. The molecule has 7 aliphatic rings. The third kappa shape index (κ3) is 6.61. The molecule has 0 aromatic rings. The van der Waals surface area contributed by atoms with Gasteiger partial charge in [-0.2, -0.15) is 0 Å². The van der Waals surface area contributed by atoms with Crippen LogP contribution in [0.2, 0.25) is 0 Å². The first-order valence-electron chi connectivity index (χ1n) is 22.2. The Kier molecular flexibility index (Phi) is 12.6. The Hall–Kier alpha value is -1.13. The van der Waals surface area contributed by atoms with Gasteiger partial charge >= 0.3 is 5.97 Å². The summed E-state index contributed by atoms with van der Waals surface area (Å²) >= 11 is 0. The van der Waals surface area contributed by atoms with Crippen LogP contribution >= 0.6 is 0 Å². The van der Waals surface area contributed by atoms with Gasteiger partial charge in [-0.25, -0.2) is 0 Å². The van der Waals surface area contributed by atoms with Crippen LogP contribution in [-0.2, 0) is 23.7 Å². The summed E-state index contributed by atoms with van der Waals surface area (Å²) in [5.74, 6) is -1.73. The van der Waals surface area contributed by atoms with Gasteiger partial charge in [0.15, 0.2) is 6.29 Å². The highest BCUT2D eigenvalue weighted by Gasteiger charge is 2.86. The molecule has 5 aliphatic carbocycles. The lowest BCUT2D eigenvalue weighted by Gasteiger charge is -2.63. The van der Waals surface area contributed by atoms with Crippen LogP contribution in [0.4, 0.5) is 0 Å². The van der Waals surface area contributed by atoms with E-state index >= 15 is 0 Å². The summed E-state index contributed by atoms with van der Waals surface area (Å²) in [5.41, 5.74) is -4.67. The number of esters is 1. The van der Waals surface area contributed by atoms with Crippen molar-refractivity contribution in [2.75, 3.05) is 19.8 Å². The zero-order valence-electron chi connectivity index (χ0n) is 35.8.